The van der Waals surface area contributed by atoms with Crippen LogP contribution in [0.15, 0.2) is 0 Å². The van der Waals surface area contributed by atoms with Crippen molar-refractivity contribution >= 4 is 0 Å². The molecule has 0 unspecified atom stereocenters. The van der Waals surface area contributed by atoms with Gasteiger partial charge in [0.2, 0.25) is 0 Å². The minimum Gasteiger partial charge on any atom is -0.373 e. The van der Waals surface area contributed by atoms with Crippen LogP contribution >= 0.6 is 0 Å². The molecular formula is C4H16CoN10+. The molecule has 0 spiro atoms. The Balaban J connectivity index is -0.0000000293. The molecule has 15 heavy (non-hydrogen) atoms. The van der Waals surface area contributed by atoms with E-state index >= 15 is 0 Å². The molecule has 0 fully saturated rings. The molecule has 0 heterocycles. The van der Waals surface area contributed by atoms with Gasteiger partial charge in [-0.05, 0) is 0 Å². The van der Waals surface area contributed by atoms with Crippen LogP contribution in [-0.2, 0) is 16.8 Å². The average molecular weight is 263 g/mol. The molecule has 11 heteroatoms. The standard InChI is InChI=1S/2C2H8N2.Co.2N3/c2*3-1-2-4;;2*1-3-2/h2*1-4H2;;;/q;;+3;2*-1. The number of nitrogens with zero attached hydrogens (tertiary/aromatic N) is 6. The van der Waals surface area contributed by atoms with E-state index in [1.54, 1.807) is 0 Å². The van der Waals surface area contributed by atoms with E-state index in [-0.39, 0.29) is 16.8 Å². The van der Waals surface area contributed by atoms with Crippen LogP contribution in [0.1, 0.15) is 0 Å². The van der Waals surface area contributed by atoms with Gasteiger partial charge in [-0.15, -0.1) is 0 Å². The fourth-order valence-corrected chi connectivity index (χ4v) is 0. The molecule has 0 saturated heterocycles. The second-order valence-electron chi connectivity index (χ2n) is 1.33. The molecule has 0 aromatic carbocycles. The van der Waals surface area contributed by atoms with Crippen molar-refractivity contribution < 1.29 is 16.8 Å². The summed E-state index contributed by atoms with van der Waals surface area (Å²) < 4.78 is 0. The summed E-state index contributed by atoms with van der Waals surface area (Å²) in [4.78, 5) is 3.00. The van der Waals surface area contributed by atoms with Crippen molar-refractivity contribution in [3.05, 3.63) is 31.9 Å². The molecule has 0 amide bonds. The Labute approximate surface area is 98.4 Å². The van der Waals surface area contributed by atoms with Crippen LogP contribution in [-0.4, -0.2) is 26.2 Å². The smallest absolute Gasteiger partial charge is 0.373 e. The minimum absolute atomic E-state index is 0. The molecule has 0 bridgehead atoms. The summed E-state index contributed by atoms with van der Waals surface area (Å²) >= 11 is 0. The molecule has 90 valence electrons. The zero-order chi connectivity index (χ0) is 12.2. The normalized spacial score (nSPS) is 5.07. The van der Waals surface area contributed by atoms with Gasteiger partial charge in [0, 0.05) is 26.2 Å². The first-order valence-corrected chi connectivity index (χ1v) is 3.43. The summed E-state index contributed by atoms with van der Waals surface area (Å²) in [7, 11) is 0. The summed E-state index contributed by atoms with van der Waals surface area (Å²) in [6.07, 6.45) is 0. The fourth-order valence-electron chi connectivity index (χ4n) is 0. The molecule has 0 saturated carbocycles. The second-order valence-corrected chi connectivity index (χ2v) is 1.33. The largest absolute Gasteiger partial charge is 3.00 e. The van der Waals surface area contributed by atoms with Crippen molar-refractivity contribution in [2.75, 3.05) is 26.2 Å². The van der Waals surface area contributed by atoms with Crippen molar-refractivity contribution in [2.24, 2.45) is 22.9 Å². The van der Waals surface area contributed by atoms with Gasteiger partial charge in [-0.25, -0.2) is 0 Å². The van der Waals surface area contributed by atoms with Crippen LogP contribution in [0, 0.1) is 0 Å². The van der Waals surface area contributed by atoms with Crippen LogP contribution < -0.4 is 22.9 Å². The van der Waals surface area contributed by atoms with E-state index in [0.29, 0.717) is 26.2 Å². The first-order valence-electron chi connectivity index (χ1n) is 3.43. The van der Waals surface area contributed by atoms with E-state index in [0.717, 1.165) is 0 Å². The molecule has 0 atom stereocenters. The SMILES string of the molecule is NCCN.NCCN.[Co+3].[N-]=[N+]=[N-].[N-]=[N+]=[N-]. The van der Waals surface area contributed by atoms with Gasteiger partial charge < -0.3 is 45.1 Å². The molecule has 8 N–H and O–H groups in total. The zero-order valence-electron chi connectivity index (χ0n) is 8.15. The fraction of sp³-hybridized carbons (Fsp3) is 1.00. The first-order chi connectivity index (χ1) is 6.66. The van der Waals surface area contributed by atoms with Crippen LogP contribution in [0.3, 0.4) is 0 Å². The van der Waals surface area contributed by atoms with Crippen molar-refractivity contribution in [3.8, 4) is 0 Å². The molecule has 0 aromatic heterocycles. The van der Waals surface area contributed by atoms with Crippen molar-refractivity contribution in [2.45, 2.75) is 0 Å². The molecule has 10 nitrogen and oxygen atoms in total. The van der Waals surface area contributed by atoms with Crippen molar-refractivity contribution in [3.63, 3.8) is 0 Å². The molecule has 0 aliphatic carbocycles. The van der Waals surface area contributed by atoms with Gasteiger partial charge in [0.15, 0.2) is 0 Å². The zero-order valence-corrected chi connectivity index (χ0v) is 9.20. The number of hydrogen-bond donors (Lipinski definition) is 4. The van der Waals surface area contributed by atoms with Crippen LogP contribution in [0.4, 0.5) is 0 Å². The van der Waals surface area contributed by atoms with Gasteiger partial charge in [0.05, 0.1) is 0 Å². The summed E-state index contributed by atoms with van der Waals surface area (Å²) in [5, 5.41) is 0. The Morgan fingerprint density at radius 3 is 0.667 bits per heavy atom. The van der Waals surface area contributed by atoms with Crippen LogP contribution in [0.5, 0.6) is 0 Å². The summed E-state index contributed by atoms with van der Waals surface area (Å²) in [6.45, 7) is 2.39. The summed E-state index contributed by atoms with van der Waals surface area (Å²) in [5.74, 6) is 0. The average Bonchev–Trinajstić information content (AvgIpc) is 2.20. The maximum Gasteiger partial charge on any atom is 3.00 e. The molecule has 0 rings (SSSR count). The Morgan fingerprint density at radius 1 is 0.600 bits per heavy atom. The van der Waals surface area contributed by atoms with E-state index in [4.69, 9.17) is 45.1 Å². The molecule has 0 aromatic rings. The molecular weight excluding hydrogens is 247 g/mol. The molecule has 0 aliphatic rings. The first kappa shape index (κ1) is 29.2. The van der Waals surface area contributed by atoms with Crippen molar-refractivity contribution in [1.82, 2.24) is 0 Å². The Morgan fingerprint density at radius 2 is 0.667 bits per heavy atom. The van der Waals surface area contributed by atoms with Gasteiger partial charge in [0.25, 0.3) is 0 Å². The third kappa shape index (κ3) is 1670. The second kappa shape index (κ2) is 75.3. The number of nitrogens with two attached hydrogens (primary N) is 4. The topological polar surface area (TPSA) is 221 Å². The Kier molecular flexibility index (Phi) is 147. The van der Waals surface area contributed by atoms with Crippen LogP contribution in [0.2, 0.25) is 0 Å². The van der Waals surface area contributed by atoms with Gasteiger partial charge in [-0.2, -0.15) is 0 Å². The van der Waals surface area contributed by atoms with Gasteiger partial charge in [0.1, 0.15) is 0 Å². The summed E-state index contributed by atoms with van der Waals surface area (Å²) in [6, 6.07) is 0. The predicted molar refractivity (Wildman–Crippen MR) is 56.4 cm³/mol. The predicted octanol–water partition coefficient (Wildman–Crippen LogP) is -0.463. The van der Waals surface area contributed by atoms with E-state index in [1.165, 1.54) is 9.82 Å². The minimum atomic E-state index is 0. The molecule has 0 aliphatic heterocycles. The maximum absolute atomic E-state index is 6.75. The van der Waals surface area contributed by atoms with Crippen LogP contribution in [0.25, 0.3) is 31.9 Å². The third-order valence-corrected chi connectivity index (χ3v) is 0.333. The Hall–Kier alpha value is -1.03. The number of hydrogen-bond acceptors (Lipinski definition) is 4. The summed E-state index contributed by atoms with van der Waals surface area (Å²) in [5.41, 5.74) is 46.6. The molecule has 0 radical (unpaired) electrons. The van der Waals surface area contributed by atoms with E-state index in [9.17, 15) is 0 Å². The third-order valence-electron chi connectivity index (χ3n) is 0.333. The quantitative estimate of drug-likeness (QED) is 0.294. The number of rotatable bonds is 2. The Bertz CT molecular complexity index is 105. The maximum atomic E-state index is 6.75. The van der Waals surface area contributed by atoms with Gasteiger partial charge >= 0.3 is 16.8 Å². The van der Waals surface area contributed by atoms with Gasteiger partial charge in [-0.3, -0.25) is 9.82 Å². The van der Waals surface area contributed by atoms with E-state index in [1.807, 2.05) is 0 Å². The van der Waals surface area contributed by atoms with Crippen molar-refractivity contribution in [1.29, 1.82) is 0 Å². The monoisotopic (exact) mass is 263 g/mol. The van der Waals surface area contributed by atoms with E-state index in [2.05, 4.69) is 0 Å². The van der Waals surface area contributed by atoms with Gasteiger partial charge in [-0.1, -0.05) is 0 Å². The van der Waals surface area contributed by atoms with E-state index < -0.39 is 0 Å².